The molecule has 5 heteroatoms. The Labute approximate surface area is 94.4 Å². The molecule has 1 saturated heterocycles. The Morgan fingerprint density at radius 2 is 1.88 bits per heavy atom. The van der Waals surface area contributed by atoms with E-state index in [0.29, 0.717) is 11.3 Å². The van der Waals surface area contributed by atoms with Gasteiger partial charge in [0.2, 0.25) is 0 Å². The summed E-state index contributed by atoms with van der Waals surface area (Å²) in [6, 6.07) is 6.62. The van der Waals surface area contributed by atoms with Crippen LogP contribution in [0.4, 0.5) is 10.1 Å². The molecule has 3 nitrogen and oxygen atoms in total. The summed E-state index contributed by atoms with van der Waals surface area (Å²) < 4.78 is 37.0. The maximum Gasteiger partial charge on any atom is 0.150 e. The lowest BCUT2D eigenvalue weighted by atomic mass is 9.90. The minimum Gasteiger partial charge on any atom is -0.399 e. The van der Waals surface area contributed by atoms with Gasteiger partial charge in [0.1, 0.15) is 5.67 Å². The Kier molecular flexibility index (Phi) is 2.66. The van der Waals surface area contributed by atoms with Gasteiger partial charge in [-0.2, -0.15) is 0 Å². The minimum atomic E-state index is -3.04. The van der Waals surface area contributed by atoms with Crippen molar-refractivity contribution in [1.29, 1.82) is 0 Å². The molecule has 0 spiro atoms. The minimum absolute atomic E-state index is 0.0266. The molecular formula is C11H14FNO2S. The van der Waals surface area contributed by atoms with E-state index in [1.165, 1.54) is 0 Å². The summed E-state index contributed by atoms with van der Waals surface area (Å²) in [5.41, 5.74) is 5.04. The number of hydrogen-bond donors (Lipinski definition) is 1. The van der Waals surface area contributed by atoms with Crippen molar-refractivity contribution in [3.05, 3.63) is 29.8 Å². The third-order valence-corrected chi connectivity index (χ3v) is 4.67. The average molecular weight is 243 g/mol. The summed E-state index contributed by atoms with van der Waals surface area (Å²) in [6.07, 6.45) is 0.0531. The standard InChI is InChI=1S/C11H14FNO2S/c12-11(4-6-16(14,15)7-5-11)9-2-1-3-10(13)8-9/h1-3,8H,4-7,13H2. The van der Waals surface area contributed by atoms with Crippen molar-refractivity contribution in [2.24, 2.45) is 0 Å². The zero-order valence-corrected chi connectivity index (χ0v) is 9.63. The molecule has 0 saturated carbocycles. The molecule has 0 aromatic heterocycles. The highest BCUT2D eigenvalue weighted by Gasteiger charge is 2.38. The first-order chi connectivity index (χ1) is 7.41. The normalized spacial score (nSPS) is 22.8. The van der Waals surface area contributed by atoms with Gasteiger partial charge in [-0.15, -0.1) is 0 Å². The molecule has 1 aromatic carbocycles. The van der Waals surface area contributed by atoms with E-state index in [1.807, 2.05) is 0 Å². The van der Waals surface area contributed by atoms with Gasteiger partial charge in [-0.1, -0.05) is 12.1 Å². The van der Waals surface area contributed by atoms with E-state index < -0.39 is 15.5 Å². The van der Waals surface area contributed by atoms with Gasteiger partial charge in [-0.25, -0.2) is 12.8 Å². The number of nitrogen functional groups attached to an aromatic ring is 1. The van der Waals surface area contributed by atoms with Crippen molar-refractivity contribution in [2.75, 3.05) is 17.2 Å². The molecule has 1 aliphatic rings. The Morgan fingerprint density at radius 3 is 2.44 bits per heavy atom. The fraction of sp³-hybridized carbons (Fsp3) is 0.455. The van der Waals surface area contributed by atoms with Crippen LogP contribution in [0.15, 0.2) is 24.3 Å². The lowest BCUT2D eigenvalue weighted by molar-refractivity contribution is 0.148. The maximum atomic E-state index is 14.5. The van der Waals surface area contributed by atoms with Crippen LogP contribution in [-0.2, 0) is 15.5 Å². The number of alkyl halides is 1. The summed E-state index contributed by atoms with van der Waals surface area (Å²) in [4.78, 5) is 0. The summed E-state index contributed by atoms with van der Waals surface area (Å²) in [7, 11) is -3.04. The lowest BCUT2D eigenvalue weighted by Crippen LogP contribution is -2.33. The van der Waals surface area contributed by atoms with Crippen molar-refractivity contribution in [1.82, 2.24) is 0 Å². The van der Waals surface area contributed by atoms with E-state index in [0.717, 1.165) is 0 Å². The van der Waals surface area contributed by atoms with Crippen LogP contribution in [-0.4, -0.2) is 19.9 Å². The van der Waals surface area contributed by atoms with Crippen LogP contribution in [0.1, 0.15) is 18.4 Å². The maximum absolute atomic E-state index is 14.5. The molecule has 16 heavy (non-hydrogen) atoms. The predicted molar refractivity (Wildman–Crippen MR) is 61.5 cm³/mol. The first kappa shape index (κ1) is 11.4. The van der Waals surface area contributed by atoms with Crippen molar-refractivity contribution >= 4 is 15.5 Å². The third kappa shape index (κ3) is 2.19. The molecule has 0 radical (unpaired) electrons. The van der Waals surface area contributed by atoms with Crippen molar-refractivity contribution in [3.63, 3.8) is 0 Å². The van der Waals surface area contributed by atoms with Gasteiger partial charge in [0.15, 0.2) is 9.84 Å². The lowest BCUT2D eigenvalue weighted by Gasteiger charge is -2.29. The van der Waals surface area contributed by atoms with Gasteiger partial charge in [-0.05, 0) is 30.5 Å². The molecule has 1 aromatic rings. The molecule has 2 rings (SSSR count). The van der Waals surface area contributed by atoms with Gasteiger partial charge < -0.3 is 5.73 Å². The van der Waals surface area contributed by atoms with E-state index in [9.17, 15) is 12.8 Å². The SMILES string of the molecule is Nc1cccc(C2(F)CCS(=O)(=O)CC2)c1. The van der Waals surface area contributed by atoms with Crippen LogP contribution in [0.3, 0.4) is 0 Å². The number of halogens is 1. The number of nitrogens with two attached hydrogens (primary N) is 1. The van der Waals surface area contributed by atoms with Crippen LogP contribution in [0, 0.1) is 0 Å². The Hall–Kier alpha value is -1.10. The van der Waals surface area contributed by atoms with Crippen LogP contribution in [0.2, 0.25) is 0 Å². The molecule has 0 bridgehead atoms. The summed E-state index contributed by atoms with van der Waals surface area (Å²) in [5.74, 6) is -0.170. The van der Waals surface area contributed by atoms with Crippen LogP contribution in [0.5, 0.6) is 0 Å². The zero-order valence-electron chi connectivity index (χ0n) is 8.82. The fourth-order valence-corrected chi connectivity index (χ4v) is 3.44. The Morgan fingerprint density at radius 1 is 1.25 bits per heavy atom. The highest BCUT2D eigenvalue weighted by Crippen LogP contribution is 2.38. The average Bonchev–Trinajstić information content (AvgIpc) is 2.23. The topological polar surface area (TPSA) is 60.2 Å². The largest absolute Gasteiger partial charge is 0.399 e. The first-order valence-corrected chi connectivity index (χ1v) is 6.99. The number of rotatable bonds is 1. The van der Waals surface area contributed by atoms with E-state index in [2.05, 4.69) is 0 Å². The van der Waals surface area contributed by atoms with E-state index >= 15 is 0 Å². The monoisotopic (exact) mass is 243 g/mol. The van der Waals surface area contributed by atoms with E-state index in [-0.39, 0.29) is 24.3 Å². The number of anilines is 1. The van der Waals surface area contributed by atoms with Crippen LogP contribution < -0.4 is 5.73 Å². The molecule has 88 valence electrons. The second-order valence-corrected chi connectivity index (χ2v) is 6.55. The van der Waals surface area contributed by atoms with Crippen molar-refractivity contribution in [3.8, 4) is 0 Å². The molecule has 0 amide bonds. The third-order valence-electron chi connectivity index (χ3n) is 3.02. The van der Waals surface area contributed by atoms with Crippen molar-refractivity contribution in [2.45, 2.75) is 18.5 Å². The molecule has 0 unspecified atom stereocenters. The first-order valence-electron chi connectivity index (χ1n) is 5.17. The van der Waals surface area contributed by atoms with Crippen LogP contribution >= 0.6 is 0 Å². The molecule has 0 aliphatic carbocycles. The predicted octanol–water partition coefficient (Wildman–Crippen LogP) is 1.64. The highest BCUT2D eigenvalue weighted by atomic mass is 32.2. The van der Waals surface area contributed by atoms with Gasteiger partial charge in [0.05, 0.1) is 11.5 Å². The second kappa shape index (κ2) is 3.73. The highest BCUT2D eigenvalue weighted by molar-refractivity contribution is 7.91. The summed E-state index contributed by atoms with van der Waals surface area (Å²) >= 11 is 0. The van der Waals surface area contributed by atoms with Gasteiger partial charge in [0, 0.05) is 5.69 Å². The van der Waals surface area contributed by atoms with E-state index in [4.69, 9.17) is 5.73 Å². The summed E-state index contributed by atoms with van der Waals surface area (Å²) in [5, 5.41) is 0. The Balaban J connectivity index is 2.28. The number of benzene rings is 1. The molecule has 1 heterocycles. The van der Waals surface area contributed by atoms with Gasteiger partial charge in [-0.3, -0.25) is 0 Å². The van der Waals surface area contributed by atoms with E-state index in [1.54, 1.807) is 24.3 Å². The Bertz CT molecular complexity index is 484. The molecule has 1 aliphatic heterocycles. The smallest absolute Gasteiger partial charge is 0.150 e. The van der Waals surface area contributed by atoms with Crippen LogP contribution in [0.25, 0.3) is 0 Å². The molecule has 1 fully saturated rings. The fourth-order valence-electron chi connectivity index (χ4n) is 1.97. The molecule has 0 atom stereocenters. The number of sulfone groups is 1. The zero-order chi connectivity index (χ0) is 11.8. The van der Waals surface area contributed by atoms with Gasteiger partial charge >= 0.3 is 0 Å². The summed E-state index contributed by atoms with van der Waals surface area (Å²) in [6.45, 7) is 0. The second-order valence-electron chi connectivity index (χ2n) is 4.24. The number of hydrogen-bond acceptors (Lipinski definition) is 3. The van der Waals surface area contributed by atoms with Crippen molar-refractivity contribution < 1.29 is 12.8 Å². The molecular weight excluding hydrogens is 229 g/mol. The quantitative estimate of drug-likeness (QED) is 0.763. The van der Waals surface area contributed by atoms with Gasteiger partial charge in [0.25, 0.3) is 0 Å². The molecule has 2 N–H and O–H groups in total.